The largest absolute Gasteiger partial charge is 0.471 e. The van der Waals surface area contributed by atoms with Crippen molar-refractivity contribution in [3.8, 4) is 0 Å². The lowest BCUT2D eigenvalue weighted by Gasteiger charge is -2.42. The minimum Gasteiger partial charge on any atom is -0.394 e. The molecule has 2 amide bonds. The molecule has 2 fully saturated rings. The number of carbonyl (C=O) groups excluding carboxylic acids is 3. The molecule has 0 bridgehead atoms. The number of nitrogens with one attached hydrogen (secondary N) is 2. The molecule has 0 aromatic rings. The van der Waals surface area contributed by atoms with Crippen molar-refractivity contribution in [3.05, 3.63) is 0 Å². The second-order valence-electron chi connectivity index (χ2n) is 10.8. The van der Waals surface area contributed by atoms with Crippen LogP contribution >= 0.6 is 7.82 Å². The Balaban J connectivity index is 1.57. The third-order valence-electron chi connectivity index (χ3n) is 7.52. The Hall–Kier alpha value is -1.52. The van der Waals surface area contributed by atoms with Gasteiger partial charge in [0.2, 0.25) is 11.8 Å². The number of carbonyl (C=O) groups is 3. The van der Waals surface area contributed by atoms with Crippen LogP contribution in [0.2, 0.25) is 0 Å². The molecule has 2 aliphatic rings. The molecule has 42 heavy (non-hydrogen) atoms. The lowest BCUT2D eigenvalue weighted by atomic mass is 9.90. The van der Waals surface area contributed by atoms with Gasteiger partial charge in [0, 0.05) is 45.9 Å². The van der Waals surface area contributed by atoms with Crippen molar-refractivity contribution in [1.82, 2.24) is 10.6 Å². The maximum Gasteiger partial charge on any atom is 0.471 e. The predicted octanol–water partition coefficient (Wildman–Crippen LogP) is -0.487. The fourth-order valence-corrected chi connectivity index (χ4v) is 5.70. The highest BCUT2D eigenvalue weighted by atomic mass is 31.2. The van der Waals surface area contributed by atoms with Crippen LogP contribution < -0.4 is 10.6 Å². The Morgan fingerprint density at radius 3 is 2.38 bits per heavy atom. The first-order valence-electron chi connectivity index (χ1n) is 14.4. The molecule has 7 unspecified atom stereocenters. The molecular weight excluding hydrogens is 579 g/mol. The van der Waals surface area contributed by atoms with Crippen LogP contribution in [0.1, 0.15) is 64.7 Å². The van der Waals surface area contributed by atoms with E-state index in [1.54, 1.807) is 0 Å². The van der Waals surface area contributed by atoms with Crippen molar-refractivity contribution in [3.63, 3.8) is 0 Å². The van der Waals surface area contributed by atoms with Gasteiger partial charge >= 0.3 is 7.82 Å². The Bertz CT molecular complexity index is 909. The standard InChI is InChI=1S/C26H47N2O13P/c1-16(30)28-23-25(35)24(34)21(14-29)41-26(23)39-11-7-5-9-22(33)27-10-6-3-4-8-20(32)19-13-18(31)12-17(19)15-40-42(36,37)38-2/h17-19,21,23-26,29,31,34-35H,3-15H2,1-2H3,(H,27,33)(H,28,30)(H,36,37)/t17-,18+,19?,21?,23?,24?,25?,26?/m0/s1. The van der Waals surface area contributed by atoms with Gasteiger partial charge in [0.05, 0.1) is 19.3 Å². The summed E-state index contributed by atoms with van der Waals surface area (Å²) in [5.41, 5.74) is 0. The molecule has 9 atom stereocenters. The van der Waals surface area contributed by atoms with Gasteiger partial charge in [0.25, 0.3) is 0 Å². The average Bonchev–Trinajstić information content (AvgIpc) is 3.33. The lowest BCUT2D eigenvalue weighted by molar-refractivity contribution is -0.270. The van der Waals surface area contributed by atoms with Crippen molar-refractivity contribution < 1.29 is 62.8 Å². The van der Waals surface area contributed by atoms with Gasteiger partial charge in [-0.1, -0.05) is 6.42 Å². The monoisotopic (exact) mass is 626 g/mol. The highest BCUT2D eigenvalue weighted by Crippen LogP contribution is 2.44. The molecule has 244 valence electrons. The molecule has 0 spiro atoms. The number of aliphatic hydroxyl groups excluding tert-OH is 4. The number of amides is 2. The molecule has 1 saturated heterocycles. The quantitative estimate of drug-likeness (QED) is 0.0710. The number of hydrogen-bond donors (Lipinski definition) is 7. The van der Waals surface area contributed by atoms with Crippen molar-refractivity contribution in [2.75, 3.05) is 33.5 Å². The van der Waals surface area contributed by atoms with E-state index >= 15 is 0 Å². The molecule has 15 nitrogen and oxygen atoms in total. The zero-order chi connectivity index (χ0) is 31.3. The van der Waals surface area contributed by atoms with Gasteiger partial charge in [0.1, 0.15) is 30.1 Å². The Morgan fingerprint density at radius 2 is 1.71 bits per heavy atom. The fraction of sp³-hybridized carbons (Fsp3) is 0.885. The molecule has 1 aliphatic carbocycles. The predicted molar refractivity (Wildman–Crippen MR) is 147 cm³/mol. The molecule has 1 aliphatic heterocycles. The van der Waals surface area contributed by atoms with E-state index in [0.717, 1.165) is 13.5 Å². The normalized spacial score (nSPS) is 30.9. The summed E-state index contributed by atoms with van der Waals surface area (Å²) in [6, 6.07) is -1.01. The summed E-state index contributed by atoms with van der Waals surface area (Å²) < 4.78 is 31.9. The number of phosphoric acid groups is 1. The number of Topliss-reactive ketones (excluding diaryl/α,β-unsaturated/α-hetero) is 1. The van der Waals surface area contributed by atoms with Gasteiger partial charge in [-0.05, 0) is 44.4 Å². The molecule has 1 heterocycles. The molecule has 0 radical (unpaired) electrons. The van der Waals surface area contributed by atoms with Crippen molar-refractivity contribution in [2.24, 2.45) is 11.8 Å². The van der Waals surface area contributed by atoms with Gasteiger partial charge in [0.15, 0.2) is 6.29 Å². The average molecular weight is 627 g/mol. The van der Waals surface area contributed by atoms with E-state index in [1.807, 2.05) is 0 Å². The third-order valence-corrected chi connectivity index (χ3v) is 8.46. The van der Waals surface area contributed by atoms with E-state index in [4.69, 9.17) is 14.0 Å². The molecule has 0 aromatic heterocycles. The highest BCUT2D eigenvalue weighted by molar-refractivity contribution is 7.47. The van der Waals surface area contributed by atoms with Gasteiger partial charge in [-0.3, -0.25) is 23.4 Å². The van der Waals surface area contributed by atoms with Gasteiger partial charge in [-0.2, -0.15) is 0 Å². The van der Waals surface area contributed by atoms with Crippen LogP contribution in [0.3, 0.4) is 0 Å². The summed E-state index contributed by atoms with van der Waals surface area (Å²) >= 11 is 0. The van der Waals surface area contributed by atoms with E-state index in [1.165, 1.54) is 6.92 Å². The topological polar surface area (TPSA) is 230 Å². The summed E-state index contributed by atoms with van der Waals surface area (Å²) in [5, 5.41) is 45.0. The van der Waals surface area contributed by atoms with E-state index in [2.05, 4.69) is 15.2 Å². The number of ether oxygens (including phenoxy) is 2. The second kappa shape index (κ2) is 18.3. The van der Waals surface area contributed by atoms with Crippen LogP contribution in [0, 0.1) is 11.8 Å². The number of phosphoric ester groups is 1. The summed E-state index contributed by atoms with van der Waals surface area (Å²) in [6.45, 7) is 1.21. The number of hydrogen-bond acceptors (Lipinski definition) is 12. The lowest BCUT2D eigenvalue weighted by Crippen LogP contribution is -2.64. The van der Waals surface area contributed by atoms with Crippen LogP contribution in [0.25, 0.3) is 0 Å². The molecule has 0 aromatic carbocycles. The number of ketones is 1. The highest BCUT2D eigenvalue weighted by Gasteiger charge is 2.45. The minimum atomic E-state index is -4.15. The maximum atomic E-state index is 12.7. The fourth-order valence-electron chi connectivity index (χ4n) is 5.22. The molecule has 7 N–H and O–H groups in total. The molecule has 16 heteroatoms. The summed E-state index contributed by atoms with van der Waals surface area (Å²) in [7, 11) is -3.09. The van der Waals surface area contributed by atoms with E-state index in [-0.39, 0.29) is 37.2 Å². The van der Waals surface area contributed by atoms with Gasteiger partial charge in [-0.25, -0.2) is 4.57 Å². The maximum absolute atomic E-state index is 12.7. The zero-order valence-electron chi connectivity index (χ0n) is 24.3. The number of aliphatic hydroxyl groups is 4. The summed E-state index contributed by atoms with van der Waals surface area (Å²) in [4.78, 5) is 45.7. The number of rotatable bonds is 19. The van der Waals surface area contributed by atoms with E-state index in [0.29, 0.717) is 51.5 Å². The molecular formula is C26H47N2O13P. The van der Waals surface area contributed by atoms with Crippen LogP contribution in [-0.4, -0.2) is 113 Å². The van der Waals surface area contributed by atoms with Gasteiger partial charge < -0.3 is 45.4 Å². The van der Waals surface area contributed by atoms with Crippen LogP contribution in [0.15, 0.2) is 0 Å². The number of unbranched alkanes of at least 4 members (excludes halogenated alkanes) is 3. The van der Waals surface area contributed by atoms with Crippen LogP contribution in [0.5, 0.6) is 0 Å². The minimum absolute atomic E-state index is 0.0174. The van der Waals surface area contributed by atoms with Crippen LogP contribution in [0.4, 0.5) is 0 Å². The van der Waals surface area contributed by atoms with Gasteiger partial charge in [-0.15, -0.1) is 0 Å². The summed E-state index contributed by atoms with van der Waals surface area (Å²) in [5.74, 6) is -1.37. The van der Waals surface area contributed by atoms with Crippen molar-refractivity contribution in [1.29, 1.82) is 0 Å². The zero-order valence-corrected chi connectivity index (χ0v) is 25.2. The van der Waals surface area contributed by atoms with Crippen molar-refractivity contribution >= 4 is 25.4 Å². The summed E-state index contributed by atoms with van der Waals surface area (Å²) in [6.07, 6.45) is -1.33. The third kappa shape index (κ3) is 12.2. The molecule has 2 rings (SSSR count). The van der Waals surface area contributed by atoms with E-state index < -0.39 is 63.0 Å². The smallest absolute Gasteiger partial charge is 0.394 e. The first-order chi connectivity index (χ1) is 19.9. The molecule has 1 saturated carbocycles. The Labute approximate surface area is 245 Å². The van der Waals surface area contributed by atoms with E-state index in [9.17, 15) is 44.3 Å². The first-order valence-corrected chi connectivity index (χ1v) is 15.9. The SMILES string of the molecule is COP(=O)(O)OC[C@@H]1C[C@@H](O)CC1C(=O)CCCCCNC(=O)CCCCOC1OC(CO)C(O)C(O)C1NC(C)=O. The van der Waals surface area contributed by atoms with Crippen molar-refractivity contribution in [2.45, 2.75) is 101 Å². The first kappa shape index (κ1) is 36.7. The Morgan fingerprint density at radius 1 is 1.00 bits per heavy atom. The Kier molecular flexibility index (Phi) is 16.0. The van der Waals surface area contributed by atoms with Crippen LogP contribution in [-0.2, 0) is 37.5 Å². The second-order valence-corrected chi connectivity index (χ2v) is 12.4.